The van der Waals surface area contributed by atoms with Crippen molar-refractivity contribution in [2.75, 3.05) is 0 Å². The first-order valence-corrected chi connectivity index (χ1v) is 0.775. The predicted octanol–water partition coefficient (Wildman–Crippen LogP) is -2.43. The molecular weight excluding hydrogens is 181 g/mol. The third-order valence-corrected chi connectivity index (χ3v) is 0. The Labute approximate surface area is 47.3 Å². The summed E-state index contributed by atoms with van der Waals surface area (Å²) in [4.78, 5) is 0. The van der Waals surface area contributed by atoms with Crippen LogP contribution in [0.4, 0.5) is 0 Å². The van der Waals surface area contributed by atoms with Crippen LogP contribution in [0.2, 0.25) is 0 Å². The van der Waals surface area contributed by atoms with Gasteiger partial charge in [-0.2, -0.15) is 0 Å². The van der Waals surface area contributed by atoms with Crippen LogP contribution in [0.3, 0.4) is 0 Å². The van der Waals surface area contributed by atoms with Gasteiger partial charge in [-0.25, -0.2) is 0 Å². The summed E-state index contributed by atoms with van der Waals surface area (Å²) in [5.74, 6) is 0. The molecule has 0 saturated heterocycles. The smallest absolute Gasteiger partial charge is 0.402 e. The van der Waals surface area contributed by atoms with Crippen LogP contribution in [0.25, 0.3) is 0 Å². The number of rotatable bonds is 0. The van der Waals surface area contributed by atoms with Crippen molar-refractivity contribution in [1.82, 2.24) is 0 Å². The van der Waals surface area contributed by atoms with Crippen molar-refractivity contribution in [1.29, 1.82) is 0 Å². The van der Waals surface area contributed by atoms with Gasteiger partial charge >= 0.3 is 7.32 Å². The fraction of sp³-hybridized carbons (Fsp3) is 0. The molecule has 0 aliphatic heterocycles. The molecule has 0 saturated carbocycles. The number of hydrogen-bond acceptors (Lipinski definition) is 3. The summed E-state index contributed by atoms with van der Waals surface area (Å²) in [6.07, 6.45) is 0. The molecule has 0 bridgehead atoms. The summed E-state index contributed by atoms with van der Waals surface area (Å²) < 4.78 is 0. The Hall–Kier alpha value is 0.763. The normalized spacial score (nSPS) is 5.40. The second kappa shape index (κ2) is 4.76. The Morgan fingerprint density at radius 2 is 1.00 bits per heavy atom. The van der Waals surface area contributed by atoms with E-state index in [2.05, 4.69) is 0 Å². The second-order valence-electron chi connectivity index (χ2n) is 0.346. The minimum absolute atomic E-state index is 0. The average molecular weight is 184 g/mol. The van der Waals surface area contributed by atoms with E-state index in [-0.39, 0.29) is 24.4 Å². The molecule has 0 spiro atoms. The quantitative estimate of drug-likeness (QED) is 0.366. The van der Waals surface area contributed by atoms with Gasteiger partial charge in [0.25, 0.3) is 0 Å². The maximum Gasteiger partial charge on any atom is 0.631 e. The Balaban J connectivity index is 0. The molecule has 0 aromatic carbocycles. The molecule has 0 fully saturated rings. The minimum Gasteiger partial charge on any atom is -0.402 e. The Bertz CT molecular complexity index is 11.6. The van der Waals surface area contributed by atoms with E-state index < -0.39 is 7.32 Å². The van der Waals surface area contributed by atoms with Crippen LogP contribution < -0.4 is 0 Å². The molecule has 0 unspecified atom stereocenters. The zero-order chi connectivity index (χ0) is 3.58. The third kappa shape index (κ3) is 62.4. The fourth-order valence-electron chi connectivity index (χ4n) is 0. The van der Waals surface area contributed by atoms with E-state index in [9.17, 15) is 0 Å². The third-order valence-electron chi connectivity index (χ3n) is 0. The minimum atomic E-state index is -2.17. The van der Waals surface area contributed by atoms with E-state index in [4.69, 9.17) is 15.1 Å². The maximum absolute atomic E-state index is 7.17. The van der Waals surface area contributed by atoms with Gasteiger partial charge in [-0.15, -0.1) is 0 Å². The zero-order valence-corrected chi connectivity index (χ0v) is 4.92. The van der Waals surface area contributed by atoms with E-state index in [0.717, 1.165) is 0 Å². The average Bonchev–Trinajstić information content (AvgIpc) is 0.811. The van der Waals surface area contributed by atoms with Gasteiger partial charge < -0.3 is 15.1 Å². The largest absolute Gasteiger partial charge is 0.631 e. The van der Waals surface area contributed by atoms with Gasteiger partial charge in [0.1, 0.15) is 0 Å². The van der Waals surface area contributed by atoms with Gasteiger partial charge in [0.15, 0.2) is 0 Å². The zero-order valence-electron chi connectivity index (χ0n) is 2.37. The monoisotopic (exact) mass is 183 g/mol. The predicted molar refractivity (Wildman–Crippen MR) is 18.2 cm³/mol. The van der Waals surface area contributed by atoms with Crippen molar-refractivity contribution >= 4 is 31.7 Å². The summed E-state index contributed by atoms with van der Waals surface area (Å²) in [7, 11) is -2.17. The molecule has 0 rings (SSSR count). The van der Waals surface area contributed by atoms with Crippen LogP contribution >= 0.6 is 0 Å². The van der Waals surface area contributed by atoms with Crippen molar-refractivity contribution in [3.63, 3.8) is 0 Å². The van der Waals surface area contributed by atoms with Crippen LogP contribution in [0, 0.1) is 0 Å². The maximum atomic E-state index is 7.17. The van der Waals surface area contributed by atoms with Crippen LogP contribution in [0.1, 0.15) is 0 Å². The second-order valence-corrected chi connectivity index (χ2v) is 0.346. The van der Waals surface area contributed by atoms with Crippen LogP contribution in [0.5, 0.6) is 0 Å². The first-order valence-electron chi connectivity index (χ1n) is 0.775. The Morgan fingerprint density at radius 1 is 1.00 bits per heavy atom. The molecule has 0 atom stereocenters. The van der Waals surface area contributed by atoms with Crippen LogP contribution in [-0.2, 0) is 0 Å². The standard InChI is InChI=1S/BH3O3.Sb/c2-1(3)4;/h2-4H;. The molecule has 5 heavy (non-hydrogen) atoms. The molecule has 3 radical (unpaired) electrons. The van der Waals surface area contributed by atoms with Crippen molar-refractivity contribution in [2.45, 2.75) is 0 Å². The van der Waals surface area contributed by atoms with Crippen LogP contribution in [0.15, 0.2) is 0 Å². The van der Waals surface area contributed by atoms with E-state index in [1.54, 1.807) is 0 Å². The number of hydrogen-bond donors (Lipinski definition) is 3. The molecule has 3 N–H and O–H groups in total. The van der Waals surface area contributed by atoms with Crippen LogP contribution in [-0.4, -0.2) is 46.8 Å². The molecule has 0 aromatic heterocycles. The molecule has 0 aliphatic rings. The van der Waals surface area contributed by atoms with Gasteiger partial charge in [-0.1, -0.05) is 0 Å². The van der Waals surface area contributed by atoms with Crippen molar-refractivity contribution in [3.8, 4) is 0 Å². The van der Waals surface area contributed by atoms with Crippen molar-refractivity contribution in [3.05, 3.63) is 0 Å². The SMILES string of the molecule is OB(O)O.[Sb]. The van der Waals surface area contributed by atoms with E-state index >= 15 is 0 Å². The molecule has 0 aromatic rings. The van der Waals surface area contributed by atoms with E-state index in [0.29, 0.717) is 0 Å². The van der Waals surface area contributed by atoms with Gasteiger partial charge in [-0.3, -0.25) is 0 Å². The first kappa shape index (κ1) is 9.23. The van der Waals surface area contributed by atoms with Crippen molar-refractivity contribution < 1.29 is 15.1 Å². The Kier molecular flexibility index (Phi) is 8.80. The van der Waals surface area contributed by atoms with Gasteiger partial charge in [0, 0.05) is 24.4 Å². The van der Waals surface area contributed by atoms with E-state index in [1.165, 1.54) is 0 Å². The van der Waals surface area contributed by atoms with Crippen molar-refractivity contribution in [2.24, 2.45) is 0 Å². The summed E-state index contributed by atoms with van der Waals surface area (Å²) in [5.41, 5.74) is 0. The Morgan fingerprint density at radius 3 is 1.00 bits per heavy atom. The molecule has 5 heteroatoms. The molecule has 0 amide bonds. The van der Waals surface area contributed by atoms with Gasteiger partial charge in [0.05, 0.1) is 0 Å². The fourth-order valence-corrected chi connectivity index (χ4v) is 0. The molecule has 29 valence electrons. The molecule has 0 heterocycles. The topological polar surface area (TPSA) is 60.7 Å². The molecular formula is H3BO3Sb. The first-order chi connectivity index (χ1) is 1.73. The summed E-state index contributed by atoms with van der Waals surface area (Å²) >= 11 is 0. The summed E-state index contributed by atoms with van der Waals surface area (Å²) in [6, 6.07) is 0. The summed E-state index contributed by atoms with van der Waals surface area (Å²) in [5, 5.41) is 21.5. The molecule has 0 aliphatic carbocycles. The van der Waals surface area contributed by atoms with E-state index in [1.807, 2.05) is 0 Å². The summed E-state index contributed by atoms with van der Waals surface area (Å²) in [6.45, 7) is 0. The van der Waals surface area contributed by atoms with Gasteiger partial charge in [-0.05, 0) is 0 Å². The molecule has 3 nitrogen and oxygen atoms in total. The van der Waals surface area contributed by atoms with Gasteiger partial charge in [0.2, 0.25) is 0 Å².